The predicted molar refractivity (Wildman–Crippen MR) is 118 cm³/mol. The minimum Gasteiger partial charge on any atom is -0.493 e. The van der Waals surface area contributed by atoms with Gasteiger partial charge >= 0.3 is 0 Å². The molecule has 0 fully saturated rings. The van der Waals surface area contributed by atoms with Crippen LogP contribution in [0.1, 0.15) is 28.3 Å². The van der Waals surface area contributed by atoms with E-state index in [-0.39, 0.29) is 17.0 Å². The molecule has 1 aliphatic heterocycles. The first kappa shape index (κ1) is 21.0. The maximum atomic E-state index is 13.8. The molecule has 0 saturated heterocycles. The largest absolute Gasteiger partial charge is 0.493 e. The number of nitrogens with zero attached hydrogens (tertiary/aromatic N) is 3. The number of nitriles is 1. The number of hydrogen-bond donors (Lipinski definition) is 1. The van der Waals surface area contributed by atoms with E-state index >= 15 is 0 Å². The molecule has 4 rings (SSSR count). The number of hydrogen-bond acceptors (Lipinski definition) is 7. The standard InChI is InChI=1S/C24H22N4O4/c1-14-10-19-21(24(29)28(14)13-15-6-5-9-27-12-15)20(17(11-25)23(26)32-19)16-7-4-8-18(30-2)22(16)31-3/h4-10,12,20H,13,26H2,1-3H3. The number of ether oxygens (including phenoxy) is 3. The van der Waals surface area contributed by atoms with Crippen LogP contribution in [0.2, 0.25) is 0 Å². The summed E-state index contributed by atoms with van der Waals surface area (Å²) in [5.74, 6) is 0.408. The van der Waals surface area contributed by atoms with Gasteiger partial charge in [-0.1, -0.05) is 18.2 Å². The molecule has 1 aromatic carbocycles. The molecule has 8 heteroatoms. The van der Waals surface area contributed by atoms with Crippen molar-refractivity contribution in [3.05, 3.63) is 93.0 Å². The minimum absolute atomic E-state index is 0.0429. The first-order chi connectivity index (χ1) is 15.5. The van der Waals surface area contributed by atoms with Crippen molar-refractivity contribution < 1.29 is 14.2 Å². The van der Waals surface area contributed by atoms with Gasteiger partial charge in [-0.15, -0.1) is 0 Å². The molecule has 3 aromatic rings. The summed E-state index contributed by atoms with van der Waals surface area (Å²) in [6.45, 7) is 2.15. The molecule has 3 heterocycles. The monoisotopic (exact) mass is 430 g/mol. The summed E-state index contributed by atoms with van der Waals surface area (Å²) >= 11 is 0. The molecule has 0 amide bonds. The number of rotatable bonds is 5. The average molecular weight is 430 g/mol. The van der Waals surface area contributed by atoms with E-state index < -0.39 is 5.92 Å². The Morgan fingerprint density at radius 2 is 2.06 bits per heavy atom. The Morgan fingerprint density at radius 3 is 2.72 bits per heavy atom. The number of aromatic nitrogens is 2. The van der Waals surface area contributed by atoms with E-state index in [1.807, 2.05) is 19.1 Å². The van der Waals surface area contributed by atoms with E-state index in [0.29, 0.717) is 40.6 Å². The Balaban J connectivity index is 1.98. The zero-order valence-electron chi connectivity index (χ0n) is 18.0. The Labute approximate surface area is 185 Å². The minimum atomic E-state index is -0.776. The van der Waals surface area contributed by atoms with E-state index in [9.17, 15) is 10.1 Å². The van der Waals surface area contributed by atoms with Crippen LogP contribution in [0.4, 0.5) is 0 Å². The summed E-state index contributed by atoms with van der Waals surface area (Å²) in [5, 5.41) is 9.90. The number of aryl methyl sites for hydroxylation is 1. The van der Waals surface area contributed by atoms with Crippen LogP contribution in [0, 0.1) is 18.3 Å². The Morgan fingerprint density at radius 1 is 1.25 bits per heavy atom. The summed E-state index contributed by atoms with van der Waals surface area (Å²) in [6, 6.07) is 12.9. The third-order valence-corrected chi connectivity index (χ3v) is 5.50. The van der Waals surface area contributed by atoms with Crippen molar-refractivity contribution >= 4 is 0 Å². The van der Waals surface area contributed by atoms with E-state index in [1.165, 1.54) is 14.2 Å². The molecule has 1 aliphatic rings. The van der Waals surface area contributed by atoms with Crippen molar-refractivity contribution in [2.24, 2.45) is 5.73 Å². The second-order valence-corrected chi connectivity index (χ2v) is 7.32. The molecule has 0 saturated carbocycles. The van der Waals surface area contributed by atoms with Gasteiger partial charge in [-0.25, -0.2) is 0 Å². The number of pyridine rings is 2. The fraction of sp³-hybridized carbons (Fsp3) is 0.208. The highest BCUT2D eigenvalue weighted by molar-refractivity contribution is 5.60. The Hall–Kier alpha value is -4.25. The number of para-hydroxylation sites is 1. The van der Waals surface area contributed by atoms with Gasteiger partial charge in [0.2, 0.25) is 5.88 Å². The van der Waals surface area contributed by atoms with Gasteiger partial charge in [-0.05, 0) is 24.6 Å². The first-order valence-corrected chi connectivity index (χ1v) is 9.91. The molecule has 0 radical (unpaired) electrons. The number of benzene rings is 1. The highest BCUT2D eigenvalue weighted by Gasteiger charge is 2.36. The second kappa shape index (κ2) is 8.47. The quantitative estimate of drug-likeness (QED) is 0.662. The first-order valence-electron chi connectivity index (χ1n) is 9.91. The van der Waals surface area contributed by atoms with Gasteiger partial charge in [0.05, 0.1) is 32.2 Å². The third-order valence-electron chi connectivity index (χ3n) is 5.50. The van der Waals surface area contributed by atoms with Crippen molar-refractivity contribution in [3.8, 4) is 23.3 Å². The van der Waals surface area contributed by atoms with Gasteiger partial charge in [-0.2, -0.15) is 5.26 Å². The van der Waals surface area contributed by atoms with E-state index in [0.717, 1.165) is 5.56 Å². The zero-order chi connectivity index (χ0) is 22.8. The second-order valence-electron chi connectivity index (χ2n) is 7.32. The van der Waals surface area contributed by atoms with Crippen LogP contribution < -0.4 is 25.5 Å². The van der Waals surface area contributed by atoms with Gasteiger partial charge in [0.25, 0.3) is 5.56 Å². The molecule has 162 valence electrons. The summed E-state index contributed by atoms with van der Waals surface area (Å²) in [7, 11) is 3.04. The smallest absolute Gasteiger partial charge is 0.259 e. The van der Waals surface area contributed by atoms with Crippen LogP contribution in [0.25, 0.3) is 0 Å². The van der Waals surface area contributed by atoms with Gasteiger partial charge < -0.3 is 24.5 Å². The predicted octanol–water partition coefficient (Wildman–Crippen LogP) is 2.84. The van der Waals surface area contributed by atoms with Gasteiger partial charge in [-0.3, -0.25) is 9.78 Å². The van der Waals surface area contributed by atoms with Crippen LogP contribution in [0.5, 0.6) is 17.2 Å². The maximum Gasteiger partial charge on any atom is 0.259 e. The lowest BCUT2D eigenvalue weighted by atomic mass is 9.83. The van der Waals surface area contributed by atoms with E-state index in [4.69, 9.17) is 19.9 Å². The van der Waals surface area contributed by atoms with Crippen molar-refractivity contribution in [2.45, 2.75) is 19.4 Å². The maximum absolute atomic E-state index is 13.8. The van der Waals surface area contributed by atoms with Crippen molar-refractivity contribution in [1.29, 1.82) is 5.26 Å². The Bertz CT molecular complexity index is 1310. The molecule has 0 bridgehead atoms. The van der Waals surface area contributed by atoms with Crippen LogP contribution in [0.3, 0.4) is 0 Å². The number of nitrogens with two attached hydrogens (primary N) is 1. The van der Waals surface area contributed by atoms with Gasteiger partial charge in [0.15, 0.2) is 11.5 Å². The molecule has 0 aliphatic carbocycles. The highest BCUT2D eigenvalue weighted by Crippen LogP contribution is 2.46. The van der Waals surface area contributed by atoms with Crippen LogP contribution in [-0.4, -0.2) is 23.8 Å². The zero-order valence-corrected chi connectivity index (χ0v) is 18.0. The summed E-state index contributed by atoms with van der Waals surface area (Å²) in [4.78, 5) is 17.9. The molecule has 1 unspecified atom stereocenters. The number of allylic oxidation sites excluding steroid dienone is 1. The van der Waals surface area contributed by atoms with Crippen molar-refractivity contribution in [3.63, 3.8) is 0 Å². The number of fused-ring (bicyclic) bond motifs is 1. The van der Waals surface area contributed by atoms with E-state index in [2.05, 4.69) is 11.1 Å². The summed E-state index contributed by atoms with van der Waals surface area (Å²) in [5.41, 5.74) is 8.44. The normalized spacial score (nSPS) is 14.9. The lowest BCUT2D eigenvalue weighted by molar-refractivity contribution is 0.348. The molecule has 32 heavy (non-hydrogen) atoms. The Kier molecular flexibility index (Phi) is 5.56. The molecular formula is C24H22N4O4. The fourth-order valence-electron chi connectivity index (χ4n) is 4.01. The lowest BCUT2D eigenvalue weighted by Crippen LogP contribution is -2.33. The molecule has 2 aromatic heterocycles. The topological polar surface area (TPSA) is 112 Å². The van der Waals surface area contributed by atoms with Gasteiger partial charge in [0, 0.05) is 29.7 Å². The SMILES string of the molecule is COc1cccc(C2C(C#N)=C(N)Oc3cc(C)n(Cc4cccnc4)c(=O)c32)c1OC. The van der Waals surface area contributed by atoms with Crippen molar-refractivity contribution in [1.82, 2.24) is 9.55 Å². The average Bonchev–Trinajstić information content (AvgIpc) is 2.81. The molecule has 8 nitrogen and oxygen atoms in total. The lowest BCUT2D eigenvalue weighted by Gasteiger charge is -2.28. The molecule has 0 spiro atoms. The van der Waals surface area contributed by atoms with Crippen molar-refractivity contribution in [2.75, 3.05) is 14.2 Å². The molecule has 1 atom stereocenters. The fourth-order valence-corrected chi connectivity index (χ4v) is 4.01. The summed E-state index contributed by atoms with van der Waals surface area (Å²) in [6.07, 6.45) is 3.39. The summed E-state index contributed by atoms with van der Waals surface area (Å²) < 4.78 is 18.4. The van der Waals surface area contributed by atoms with Crippen LogP contribution in [0.15, 0.2) is 65.0 Å². The van der Waals surface area contributed by atoms with Crippen LogP contribution >= 0.6 is 0 Å². The van der Waals surface area contributed by atoms with Crippen LogP contribution in [-0.2, 0) is 6.54 Å². The molecule has 2 N–H and O–H groups in total. The van der Waals surface area contributed by atoms with E-state index in [1.54, 1.807) is 41.2 Å². The molecular weight excluding hydrogens is 408 g/mol. The highest BCUT2D eigenvalue weighted by atomic mass is 16.5. The van der Waals surface area contributed by atoms with Gasteiger partial charge in [0.1, 0.15) is 17.4 Å². The number of methoxy groups -OCH3 is 2. The third kappa shape index (κ3) is 3.44.